The molecule has 0 atom stereocenters. The van der Waals surface area contributed by atoms with Crippen molar-refractivity contribution in [2.75, 3.05) is 22.9 Å². The minimum atomic E-state index is 0.321. The van der Waals surface area contributed by atoms with Crippen molar-refractivity contribution in [2.45, 2.75) is 53.4 Å². The van der Waals surface area contributed by atoms with Crippen LogP contribution in [0.25, 0.3) is 0 Å². The smallest absolute Gasteiger partial charge is 0.149 e. The highest BCUT2D eigenvalue weighted by atomic mass is 14.9. The molecule has 0 aliphatic carbocycles. The molecular formula is C19H33N5. The van der Waals surface area contributed by atoms with Crippen molar-refractivity contribution in [2.24, 2.45) is 0 Å². The van der Waals surface area contributed by atoms with Crippen molar-refractivity contribution in [1.29, 1.82) is 0 Å². The highest BCUT2D eigenvalue weighted by molar-refractivity contribution is 5.66. The van der Waals surface area contributed by atoms with Gasteiger partial charge >= 0.3 is 0 Å². The molecule has 0 saturated carbocycles. The molecular weight excluding hydrogens is 298 g/mol. The SMILES string of the molecule is CCCCC.CCc1cc(N)nc(N)c1N.Cc1ccc(N)cc1. The molecule has 0 radical (unpaired) electrons. The zero-order chi connectivity index (χ0) is 18.5. The molecule has 0 amide bonds. The van der Waals surface area contributed by atoms with Gasteiger partial charge in [-0.15, -0.1) is 0 Å². The van der Waals surface area contributed by atoms with Crippen molar-refractivity contribution in [1.82, 2.24) is 4.98 Å². The maximum absolute atomic E-state index is 5.62. The van der Waals surface area contributed by atoms with E-state index < -0.39 is 0 Å². The Balaban J connectivity index is 0.000000358. The fourth-order valence-corrected chi connectivity index (χ4v) is 1.86. The number of hydrogen-bond donors (Lipinski definition) is 4. The maximum atomic E-state index is 5.62. The third-order valence-corrected chi connectivity index (χ3v) is 3.36. The predicted octanol–water partition coefficient (Wildman–Crippen LogP) is 4.16. The summed E-state index contributed by atoms with van der Waals surface area (Å²) in [5.41, 5.74) is 25.6. The van der Waals surface area contributed by atoms with E-state index >= 15 is 0 Å². The average Bonchev–Trinajstić information content (AvgIpc) is 2.55. The van der Waals surface area contributed by atoms with Crippen LogP contribution in [-0.2, 0) is 6.42 Å². The highest BCUT2D eigenvalue weighted by Crippen LogP contribution is 2.20. The van der Waals surface area contributed by atoms with Crippen LogP contribution in [0, 0.1) is 6.92 Å². The van der Waals surface area contributed by atoms with Gasteiger partial charge in [0.25, 0.3) is 0 Å². The average molecular weight is 332 g/mol. The summed E-state index contributed by atoms with van der Waals surface area (Å²) in [5, 5.41) is 0. The summed E-state index contributed by atoms with van der Waals surface area (Å²) in [6, 6.07) is 9.53. The molecule has 1 heterocycles. The van der Waals surface area contributed by atoms with E-state index in [1.165, 1.54) is 24.8 Å². The molecule has 5 nitrogen and oxygen atoms in total. The van der Waals surface area contributed by atoms with Gasteiger partial charge in [0.15, 0.2) is 0 Å². The van der Waals surface area contributed by atoms with Crippen molar-refractivity contribution in [3.8, 4) is 0 Å². The second kappa shape index (κ2) is 12.0. The number of aromatic nitrogens is 1. The first-order chi connectivity index (χ1) is 11.3. The summed E-state index contributed by atoms with van der Waals surface area (Å²) in [6.07, 6.45) is 4.90. The summed E-state index contributed by atoms with van der Waals surface area (Å²) in [7, 11) is 0. The number of anilines is 4. The van der Waals surface area contributed by atoms with E-state index in [0.717, 1.165) is 17.7 Å². The van der Waals surface area contributed by atoms with Crippen LogP contribution in [0.15, 0.2) is 30.3 Å². The number of pyridine rings is 1. The molecule has 0 aliphatic rings. The first-order valence-electron chi connectivity index (χ1n) is 8.48. The number of unbranched alkanes of at least 4 members (excludes halogenated alkanes) is 2. The Morgan fingerprint density at radius 3 is 1.79 bits per heavy atom. The number of benzene rings is 1. The highest BCUT2D eigenvalue weighted by Gasteiger charge is 2.02. The predicted molar refractivity (Wildman–Crippen MR) is 108 cm³/mol. The molecule has 2 rings (SSSR count). The second-order valence-electron chi connectivity index (χ2n) is 5.62. The molecule has 24 heavy (non-hydrogen) atoms. The van der Waals surface area contributed by atoms with E-state index in [9.17, 15) is 0 Å². The van der Waals surface area contributed by atoms with Crippen molar-refractivity contribution >= 4 is 23.0 Å². The molecule has 0 aliphatic heterocycles. The third-order valence-electron chi connectivity index (χ3n) is 3.36. The van der Waals surface area contributed by atoms with E-state index in [1.807, 2.05) is 38.1 Å². The molecule has 2 aromatic rings. The normalized spacial score (nSPS) is 9.33. The minimum Gasteiger partial charge on any atom is -0.399 e. The lowest BCUT2D eigenvalue weighted by Crippen LogP contribution is -2.04. The topological polar surface area (TPSA) is 117 Å². The molecule has 0 bridgehead atoms. The van der Waals surface area contributed by atoms with E-state index in [4.69, 9.17) is 22.9 Å². The molecule has 134 valence electrons. The Morgan fingerprint density at radius 2 is 1.42 bits per heavy atom. The second-order valence-corrected chi connectivity index (χ2v) is 5.62. The van der Waals surface area contributed by atoms with Gasteiger partial charge in [-0.05, 0) is 37.1 Å². The fourth-order valence-electron chi connectivity index (χ4n) is 1.86. The standard InChI is InChI=1S/C7H12N4.C7H9N.C5H12/c1-2-4-3-5(8)11-7(10)6(4)9;1-6-2-4-7(8)5-3-6;1-3-5-4-2/h3H,2,9H2,1H3,(H4,8,10,11);2-5H,8H2,1H3;3-5H2,1-2H3. The first-order valence-corrected chi connectivity index (χ1v) is 8.48. The monoisotopic (exact) mass is 331 g/mol. The summed E-state index contributed by atoms with van der Waals surface area (Å²) in [4.78, 5) is 3.81. The summed E-state index contributed by atoms with van der Waals surface area (Å²) >= 11 is 0. The van der Waals surface area contributed by atoms with Gasteiger partial charge in [-0.25, -0.2) is 4.98 Å². The molecule has 5 heteroatoms. The van der Waals surface area contributed by atoms with Gasteiger partial charge < -0.3 is 22.9 Å². The van der Waals surface area contributed by atoms with E-state index in [2.05, 4.69) is 18.8 Å². The first kappa shape index (κ1) is 21.6. The van der Waals surface area contributed by atoms with E-state index in [1.54, 1.807) is 6.07 Å². The van der Waals surface area contributed by atoms with Crippen molar-refractivity contribution in [3.63, 3.8) is 0 Å². The summed E-state index contributed by atoms with van der Waals surface area (Å²) < 4.78 is 0. The largest absolute Gasteiger partial charge is 0.399 e. The van der Waals surface area contributed by atoms with E-state index in [0.29, 0.717) is 17.3 Å². The quantitative estimate of drug-likeness (QED) is 0.630. The van der Waals surface area contributed by atoms with Gasteiger partial charge in [-0.1, -0.05) is 57.7 Å². The van der Waals surface area contributed by atoms with Gasteiger partial charge in [0, 0.05) is 5.69 Å². The van der Waals surface area contributed by atoms with Crippen LogP contribution < -0.4 is 22.9 Å². The number of nitrogens with two attached hydrogens (primary N) is 4. The van der Waals surface area contributed by atoms with E-state index in [-0.39, 0.29) is 0 Å². The lowest BCUT2D eigenvalue weighted by molar-refractivity contribution is 0.772. The van der Waals surface area contributed by atoms with Crippen LogP contribution in [0.4, 0.5) is 23.0 Å². The van der Waals surface area contributed by atoms with Crippen LogP contribution in [0.5, 0.6) is 0 Å². The minimum absolute atomic E-state index is 0.321. The molecule has 1 aromatic carbocycles. The Bertz CT molecular complexity index is 556. The molecule has 0 spiro atoms. The Kier molecular flexibility index (Phi) is 10.8. The lowest BCUT2D eigenvalue weighted by Gasteiger charge is -2.05. The van der Waals surface area contributed by atoms with Gasteiger partial charge in [-0.2, -0.15) is 0 Å². The lowest BCUT2D eigenvalue weighted by atomic mass is 10.1. The maximum Gasteiger partial charge on any atom is 0.149 e. The number of nitrogen functional groups attached to an aromatic ring is 4. The molecule has 0 fully saturated rings. The van der Waals surface area contributed by atoms with Crippen molar-refractivity contribution in [3.05, 3.63) is 41.5 Å². The Labute approximate surface area is 146 Å². The Morgan fingerprint density at radius 1 is 0.875 bits per heavy atom. The van der Waals surface area contributed by atoms with Gasteiger partial charge in [-0.3, -0.25) is 0 Å². The number of aryl methyl sites for hydroxylation is 2. The van der Waals surface area contributed by atoms with Crippen molar-refractivity contribution < 1.29 is 0 Å². The zero-order valence-electron chi connectivity index (χ0n) is 15.5. The van der Waals surface area contributed by atoms with Crippen LogP contribution >= 0.6 is 0 Å². The molecule has 0 saturated heterocycles. The van der Waals surface area contributed by atoms with Crippen LogP contribution in [0.2, 0.25) is 0 Å². The van der Waals surface area contributed by atoms with Crippen LogP contribution in [-0.4, -0.2) is 4.98 Å². The van der Waals surface area contributed by atoms with Crippen LogP contribution in [0.1, 0.15) is 51.2 Å². The Hall–Kier alpha value is -2.43. The van der Waals surface area contributed by atoms with Gasteiger partial charge in [0.1, 0.15) is 11.6 Å². The molecule has 1 aromatic heterocycles. The molecule has 8 N–H and O–H groups in total. The zero-order valence-corrected chi connectivity index (χ0v) is 15.5. The summed E-state index contributed by atoms with van der Waals surface area (Å²) in [6.45, 7) is 8.46. The number of nitrogens with zero attached hydrogens (tertiary/aromatic N) is 1. The summed E-state index contributed by atoms with van der Waals surface area (Å²) in [5.74, 6) is 0.746. The number of rotatable bonds is 3. The number of hydrogen-bond acceptors (Lipinski definition) is 5. The fraction of sp³-hybridized carbons (Fsp3) is 0.421. The van der Waals surface area contributed by atoms with Crippen LogP contribution in [0.3, 0.4) is 0 Å². The molecule has 0 unspecified atom stereocenters. The van der Waals surface area contributed by atoms with Gasteiger partial charge in [0.05, 0.1) is 5.69 Å². The third kappa shape index (κ3) is 8.88. The van der Waals surface area contributed by atoms with Gasteiger partial charge in [0.2, 0.25) is 0 Å².